The van der Waals surface area contributed by atoms with Crippen molar-refractivity contribution in [2.75, 3.05) is 26.2 Å². The molecule has 1 atom stereocenters. The Kier molecular flexibility index (Phi) is 6.76. The van der Waals surface area contributed by atoms with E-state index in [-0.39, 0.29) is 6.04 Å². The Morgan fingerprint density at radius 1 is 1.00 bits per heavy atom. The molecule has 5 rings (SSSR count). The minimum absolute atomic E-state index is 0.0995. The lowest BCUT2D eigenvalue weighted by atomic mass is 9.84. The lowest BCUT2D eigenvalue weighted by molar-refractivity contribution is 0.124. The minimum atomic E-state index is -3.51. The molecule has 2 fully saturated rings. The van der Waals surface area contributed by atoms with Crippen molar-refractivity contribution >= 4 is 10.0 Å². The van der Waals surface area contributed by atoms with E-state index in [2.05, 4.69) is 20.0 Å². The van der Waals surface area contributed by atoms with Crippen molar-refractivity contribution in [3.05, 3.63) is 60.2 Å². The zero-order chi connectivity index (χ0) is 23.5. The van der Waals surface area contributed by atoms with Crippen LogP contribution in [-0.4, -0.2) is 58.9 Å². The van der Waals surface area contributed by atoms with E-state index in [4.69, 9.17) is 4.52 Å². The number of hydrogen-bond acceptors (Lipinski definition) is 7. The van der Waals surface area contributed by atoms with Gasteiger partial charge >= 0.3 is 0 Å². The highest BCUT2D eigenvalue weighted by Crippen LogP contribution is 2.33. The smallest absolute Gasteiger partial charge is 0.244 e. The molecule has 1 saturated carbocycles. The molecule has 8 nitrogen and oxygen atoms in total. The van der Waals surface area contributed by atoms with Crippen molar-refractivity contribution in [2.24, 2.45) is 0 Å². The number of sulfonamides is 1. The fourth-order valence-electron chi connectivity index (χ4n) is 5.00. The summed E-state index contributed by atoms with van der Waals surface area (Å²) in [5, 5.41) is 4.08. The van der Waals surface area contributed by atoms with Crippen molar-refractivity contribution in [3.63, 3.8) is 0 Å². The molecule has 9 heteroatoms. The lowest BCUT2D eigenvalue weighted by Crippen LogP contribution is -2.49. The van der Waals surface area contributed by atoms with Crippen LogP contribution < -0.4 is 0 Å². The highest BCUT2D eigenvalue weighted by Gasteiger charge is 2.32. The summed E-state index contributed by atoms with van der Waals surface area (Å²) in [4.78, 5) is 11.2. The molecule has 0 radical (unpaired) electrons. The van der Waals surface area contributed by atoms with Gasteiger partial charge in [0.05, 0.1) is 10.9 Å². The summed E-state index contributed by atoms with van der Waals surface area (Å²) in [5.41, 5.74) is 2.07. The maximum atomic E-state index is 13.2. The molecule has 3 aromatic rings. The molecule has 0 N–H and O–H groups in total. The van der Waals surface area contributed by atoms with Crippen molar-refractivity contribution in [2.45, 2.75) is 55.9 Å². The average molecular weight is 482 g/mol. The SMILES string of the molecule is C[C@@H](c1nc(-c2cccnc2)no1)N1CCN(S(=O)(=O)c2ccc(C3CCCCC3)cc2)CC1. The van der Waals surface area contributed by atoms with Gasteiger partial charge in [-0.3, -0.25) is 9.88 Å². The monoisotopic (exact) mass is 481 g/mol. The Bertz CT molecular complexity index is 1180. The quantitative estimate of drug-likeness (QED) is 0.520. The van der Waals surface area contributed by atoms with E-state index in [1.165, 1.54) is 37.7 Å². The number of nitrogens with zero attached hydrogens (tertiary/aromatic N) is 5. The largest absolute Gasteiger partial charge is 0.337 e. The van der Waals surface area contributed by atoms with E-state index in [1.807, 2.05) is 31.2 Å². The van der Waals surface area contributed by atoms with Gasteiger partial charge in [-0.2, -0.15) is 9.29 Å². The number of aromatic nitrogens is 3. The van der Waals surface area contributed by atoms with Crippen LogP contribution in [-0.2, 0) is 10.0 Å². The van der Waals surface area contributed by atoms with E-state index in [1.54, 1.807) is 28.8 Å². The van der Waals surface area contributed by atoms with Gasteiger partial charge in [0.25, 0.3) is 0 Å². The molecule has 1 aliphatic heterocycles. The van der Waals surface area contributed by atoms with E-state index in [0.29, 0.717) is 48.7 Å². The maximum absolute atomic E-state index is 13.2. The van der Waals surface area contributed by atoms with Crippen LogP contribution in [0.3, 0.4) is 0 Å². The predicted octanol–water partition coefficient (Wildman–Crippen LogP) is 4.25. The predicted molar refractivity (Wildman–Crippen MR) is 129 cm³/mol. The van der Waals surface area contributed by atoms with Gasteiger partial charge in [0, 0.05) is 44.1 Å². The highest BCUT2D eigenvalue weighted by atomic mass is 32.2. The van der Waals surface area contributed by atoms with Gasteiger partial charge in [-0.25, -0.2) is 8.42 Å². The van der Waals surface area contributed by atoms with Gasteiger partial charge < -0.3 is 4.52 Å². The van der Waals surface area contributed by atoms with Crippen LogP contribution in [0.2, 0.25) is 0 Å². The first-order valence-corrected chi connectivity index (χ1v) is 13.5. The van der Waals surface area contributed by atoms with Gasteiger partial charge in [0.2, 0.25) is 21.7 Å². The van der Waals surface area contributed by atoms with Crippen molar-refractivity contribution in [1.29, 1.82) is 0 Å². The first-order valence-electron chi connectivity index (χ1n) is 12.1. The van der Waals surface area contributed by atoms with Crippen LogP contribution in [0.5, 0.6) is 0 Å². The number of pyridine rings is 1. The van der Waals surface area contributed by atoms with Crippen LogP contribution in [0.4, 0.5) is 0 Å². The Hall–Kier alpha value is -2.62. The number of hydrogen-bond donors (Lipinski definition) is 0. The molecule has 0 spiro atoms. The van der Waals surface area contributed by atoms with Gasteiger partial charge in [-0.1, -0.05) is 36.6 Å². The lowest BCUT2D eigenvalue weighted by Gasteiger charge is -2.36. The third-order valence-electron chi connectivity index (χ3n) is 7.13. The molecule has 2 aliphatic rings. The van der Waals surface area contributed by atoms with E-state index in [9.17, 15) is 8.42 Å². The van der Waals surface area contributed by atoms with Gasteiger partial charge in [0.15, 0.2) is 0 Å². The Labute approximate surface area is 201 Å². The molecule has 0 bridgehead atoms. The number of piperazine rings is 1. The Morgan fingerprint density at radius 3 is 2.41 bits per heavy atom. The van der Waals surface area contributed by atoms with Gasteiger partial charge in [-0.05, 0) is 55.5 Å². The summed E-state index contributed by atoms with van der Waals surface area (Å²) in [5.74, 6) is 1.60. The first kappa shape index (κ1) is 23.1. The van der Waals surface area contributed by atoms with E-state index < -0.39 is 10.0 Å². The van der Waals surface area contributed by atoms with Crippen LogP contribution in [0.15, 0.2) is 58.2 Å². The van der Waals surface area contributed by atoms with Crippen molar-refractivity contribution < 1.29 is 12.9 Å². The topological polar surface area (TPSA) is 92.4 Å². The molecule has 2 aromatic heterocycles. The minimum Gasteiger partial charge on any atom is -0.337 e. The van der Waals surface area contributed by atoms with Crippen LogP contribution in [0.25, 0.3) is 11.4 Å². The molecule has 34 heavy (non-hydrogen) atoms. The fraction of sp³-hybridized carbons (Fsp3) is 0.480. The highest BCUT2D eigenvalue weighted by molar-refractivity contribution is 7.89. The fourth-order valence-corrected chi connectivity index (χ4v) is 6.42. The Morgan fingerprint density at radius 2 is 1.74 bits per heavy atom. The second-order valence-corrected chi connectivity index (χ2v) is 11.2. The zero-order valence-electron chi connectivity index (χ0n) is 19.5. The summed E-state index contributed by atoms with van der Waals surface area (Å²) in [6.07, 6.45) is 9.65. The molecule has 180 valence electrons. The molecular formula is C25H31N5O3S. The molecule has 1 aromatic carbocycles. The second-order valence-electron chi connectivity index (χ2n) is 9.22. The van der Waals surface area contributed by atoms with Crippen LogP contribution in [0, 0.1) is 0 Å². The third kappa shape index (κ3) is 4.78. The summed E-state index contributed by atoms with van der Waals surface area (Å²) in [6.45, 7) is 4.08. The number of benzene rings is 1. The summed E-state index contributed by atoms with van der Waals surface area (Å²) in [6, 6.07) is 11.2. The normalized spacial score (nSPS) is 19.8. The number of rotatable bonds is 6. The van der Waals surface area contributed by atoms with Crippen molar-refractivity contribution in [3.8, 4) is 11.4 Å². The summed E-state index contributed by atoms with van der Waals surface area (Å²) in [7, 11) is -3.51. The van der Waals surface area contributed by atoms with Gasteiger partial charge in [0.1, 0.15) is 0 Å². The maximum Gasteiger partial charge on any atom is 0.244 e. The molecule has 0 amide bonds. The van der Waals surface area contributed by atoms with Gasteiger partial charge in [-0.15, -0.1) is 0 Å². The van der Waals surface area contributed by atoms with E-state index in [0.717, 1.165) is 5.56 Å². The Balaban J connectivity index is 1.21. The second kappa shape index (κ2) is 9.93. The van der Waals surface area contributed by atoms with Crippen molar-refractivity contribution in [1.82, 2.24) is 24.3 Å². The molecule has 3 heterocycles. The summed E-state index contributed by atoms with van der Waals surface area (Å²) >= 11 is 0. The average Bonchev–Trinajstić information content (AvgIpc) is 3.40. The van der Waals surface area contributed by atoms with Crippen LogP contribution in [0.1, 0.15) is 62.4 Å². The van der Waals surface area contributed by atoms with E-state index >= 15 is 0 Å². The zero-order valence-corrected chi connectivity index (χ0v) is 20.3. The third-order valence-corrected chi connectivity index (χ3v) is 9.05. The molecule has 1 aliphatic carbocycles. The molecular weight excluding hydrogens is 450 g/mol. The standard InChI is InChI=1S/C25H31N5O3S/c1-19(25-27-24(28-33-25)22-8-5-13-26-18-22)29-14-16-30(17-15-29)34(31,32)23-11-9-21(10-12-23)20-6-3-2-4-7-20/h5,8-13,18-20H,2-4,6-7,14-17H2,1H3/t19-/m0/s1. The molecule has 0 unspecified atom stereocenters. The summed E-state index contributed by atoms with van der Waals surface area (Å²) < 4.78 is 33.6. The molecule has 1 saturated heterocycles. The van der Waals surface area contributed by atoms with Crippen LogP contribution >= 0.6 is 0 Å². The first-order chi connectivity index (χ1) is 16.5.